The maximum atomic E-state index is 11.3. The van der Waals surface area contributed by atoms with Crippen LogP contribution in [-0.4, -0.2) is 21.8 Å². The second-order valence-electron chi connectivity index (χ2n) is 11.9. The lowest BCUT2D eigenvalue weighted by Gasteiger charge is -2.41. The molecule has 0 amide bonds. The van der Waals surface area contributed by atoms with Crippen LogP contribution in [0.3, 0.4) is 0 Å². The molecule has 0 heterocycles. The van der Waals surface area contributed by atoms with Crippen LogP contribution >= 0.6 is 0 Å². The first-order valence-corrected chi connectivity index (χ1v) is 14.0. The van der Waals surface area contributed by atoms with E-state index in [9.17, 15) is 20.1 Å². The molecule has 0 saturated heterocycles. The summed E-state index contributed by atoms with van der Waals surface area (Å²) in [5, 5.41) is 33.1. The quantitative estimate of drug-likeness (QED) is 0.221. The second kappa shape index (κ2) is 14.9. The van der Waals surface area contributed by atoms with Crippen LogP contribution in [0.1, 0.15) is 126 Å². The van der Waals surface area contributed by atoms with Crippen LogP contribution in [0.4, 0.5) is 0 Å². The van der Waals surface area contributed by atoms with Crippen molar-refractivity contribution in [2.45, 2.75) is 132 Å². The van der Waals surface area contributed by atoms with E-state index in [0.29, 0.717) is 23.1 Å². The number of rotatable bonds is 16. The number of hydrogen-bond donors (Lipinski definition) is 2. The molecule has 0 spiro atoms. The van der Waals surface area contributed by atoms with Gasteiger partial charge in [0.15, 0.2) is 0 Å². The van der Waals surface area contributed by atoms with Gasteiger partial charge in [0.2, 0.25) is 0 Å². The van der Waals surface area contributed by atoms with Gasteiger partial charge in [-0.15, -0.1) is 0 Å². The van der Waals surface area contributed by atoms with E-state index in [2.05, 4.69) is 40.7 Å². The molecule has 0 saturated carbocycles. The van der Waals surface area contributed by atoms with Crippen LogP contribution in [-0.2, 0) is 4.79 Å². The van der Waals surface area contributed by atoms with E-state index in [-0.39, 0.29) is 5.76 Å². The summed E-state index contributed by atoms with van der Waals surface area (Å²) in [7, 11) is 0. The van der Waals surface area contributed by atoms with Crippen molar-refractivity contribution in [3.05, 3.63) is 34.1 Å². The largest absolute Gasteiger partial charge is 0.550 e. The summed E-state index contributed by atoms with van der Waals surface area (Å²) in [5.41, 5.74) is 1.53. The normalized spacial score (nSPS) is 23.3. The molecule has 35 heavy (non-hydrogen) atoms. The molecule has 4 atom stereocenters. The third-order valence-corrected chi connectivity index (χ3v) is 8.33. The zero-order valence-corrected chi connectivity index (χ0v) is 23.9. The maximum Gasteiger partial charge on any atom is 0.118 e. The van der Waals surface area contributed by atoms with Crippen molar-refractivity contribution in [3.8, 4) is 0 Å². The molecule has 0 radical (unpaired) electrons. The van der Waals surface area contributed by atoms with Crippen molar-refractivity contribution in [1.29, 1.82) is 0 Å². The highest BCUT2D eigenvalue weighted by atomic mass is 16.4. The van der Waals surface area contributed by atoms with E-state index in [1.165, 1.54) is 50.5 Å². The predicted octanol–water partition coefficient (Wildman–Crippen LogP) is 7.43. The first-order valence-electron chi connectivity index (χ1n) is 14.0. The van der Waals surface area contributed by atoms with Gasteiger partial charge < -0.3 is 20.1 Å². The number of aliphatic carboxylic acids is 1. The lowest BCUT2D eigenvalue weighted by Crippen LogP contribution is -2.46. The Hall–Kier alpha value is -1.55. The van der Waals surface area contributed by atoms with Gasteiger partial charge in [0.25, 0.3) is 0 Å². The highest BCUT2D eigenvalue weighted by Gasteiger charge is 2.43. The molecule has 2 unspecified atom stereocenters. The highest BCUT2D eigenvalue weighted by Crippen LogP contribution is 2.44. The summed E-state index contributed by atoms with van der Waals surface area (Å²) in [5.74, 6) is 0.816. The molecule has 0 fully saturated rings. The molecule has 0 aromatic heterocycles. The standard InChI is InChI=1S/C31H54O4/c1-21(2)12-9-13-22(3)14-10-15-23(4)16-11-17-24(5)18-19-28-27(8)31(35,20-29(32)33)26(7)25(6)30(28)34/h18,21-23,27,34-35H,9-17,19-20H2,1-8H3,(H,32,33)/p-1/b24-18+/t22-,23-,27?,31?/m1/s1. The van der Waals surface area contributed by atoms with E-state index >= 15 is 0 Å². The van der Waals surface area contributed by atoms with Crippen molar-refractivity contribution >= 4 is 5.97 Å². The van der Waals surface area contributed by atoms with Crippen molar-refractivity contribution in [2.24, 2.45) is 23.7 Å². The fraction of sp³-hybridized carbons (Fsp3) is 0.774. The van der Waals surface area contributed by atoms with Crippen LogP contribution in [0.5, 0.6) is 0 Å². The number of carboxylic acids is 1. The molecule has 4 heteroatoms. The molecule has 1 rings (SSSR count). The lowest BCUT2D eigenvalue weighted by atomic mass is 9.69. The van der Waals surface area contributed by atoms with E-state index in [1.54, 1.807) is 20.8 Å². The number of carbonyl (C=O) groups excluding carboxylic acids is 1. The molecule has 2 N–H and O–H groups in total. The van der Waals surface area contributed by atoms with Gasteiger partial charge in [-0.3, -0.25) is 0 Å². The number of hydrogen-bond acceptors (Lipinski definition) is 4. The molecule has 1 aliphatic carbocycles. The Morgan fingerprint density at radius 3 is 2.03 bits per heavy atom. The Balaban J connectivity index is 2.50. The van der Waals surface area contributed by atoms with Crippen molar-refractivity contribution in [1.82, 2.24) is 0 Å². The van der Waals surface area contributed by atoms with Crippen molar-refractivity contribution in [2.75, 3.05) is 0 Å². The number of aliphatic hydroxyl groups is 2. The summed E-state index contributed by atoms with van der Waals surface area (Å²) < 4.78 is 0. The van der Waals surface area contributed by atoms with E-state index in [1.807, 2.05) is 0 Å². The molecule has 0 bridgehead atoms. The van der Waals surface area contributed by atoms with Crippen LogP contribution < -0.4 is 5.11 Å². The molecule has 202 valence electrons. The van der Waals surface area contributed by atoms with Crippen LogP contribution in [0.2, 0.25) is 0 Å². The molecule has 0 aromatic rings. The van der Waals surface area contributed by atoms with Crippen LogP contribution in [0.15, 0.2) is 34.1 Å². The SMILES string of the molecule is CC1=C(C)C(O)(CC(=O)[O-])C(C)C(C/C=C(\C)CCC[C@H](C)CCC[C@H](C)CCCC(C)C)=C1O. The summed E-state index contributed by atoms with van der Waals surface area (Å²) in [6.07, 6.45) is 13.6. The van der Waals surface area contributed by atoms with E-state index < -0.39 is 23.9 Å². The molecule has 0 aromatic carbocycles. The van der Waals surface area contributed by atoms with Crippen molar-refractivity contribution < 1.29 is 20.1 Å². The Bertz CT molecular complexity index is 773. The number of aliphatic hydroxyl groups excluding tert-OH is 1. The third kappa shape index (κ3) is 10.1. The minimum atomic E-state index is -1.52. The summed E-state index contributed by atoms with van der Waals surface area (Å²) in [6, 6.07) is 0. The zero-order valence-electron chi connectivity index (χ0n) is 23.9. The smallest absolute Gasteiger partial charge is 0.118 e. The summed E-state index contributed by atoms with van der Waals surface area (Å²) in [4.78, 5) is 11.3. The van der Waals surface area contributed by atoms with Gasteiger partial charge in [-0.25, -0.2) is 0 Å². The van der Waals surface area contributed by atoms with Gasteiger partial charge >= 0.3 is 0 Å². The number of carbonyl (C=O) groups is 1. The highest BCUT2D eigenvalue weighted by molar-refractivity contribution is 5.68. The topological polar surface area (TPSA) is 80.6 Å². The predicted molar refractivity (Wildman–Crippen MR) is 145 cm³/mol. The van der Waals surface area contributed by atoms with Gasteiger partial charge in [-0.2, -0.15) is 0 Å². The molecule has 4 nitrogen and oxygen atoms in total. The Labute approximate surface area is 215 Å². The van der Waals surface area contributed by atoms with E-state index in [0.717, 1.165) is 30.6 Å². The molecule has 0 aliphatic heterocycles. The van der Waals surface area contributed by atoms with Gasteiger partial charge in [0.1, 0.15) is 5.76 Å². The Morgan fingerprint density at radius 1 is 1.00 bits per heavy atom. The summed E-state index contributed by atoms with van der Waals surface area (Å²) >= 11 is 0. The minimum Gasteiger partial charge on any atom is -0.550 e. The molecular weight excluding hydrogens is 436 g/mol. The van der Waals surface area contributed by atoms with Crippen molar-refractivity contribution in [3.63, 3.8) is 0 Å². The molecule has 1 aliphatic rings. The third-order valence-electron chi connectivity index (χ3n) is 8.33. The molecular formula is C31H53O4-. The monoisotopic (exact) mass is 489 g/mol. The van der Waals surface area contributed by atoms with Crippen LogP contribution in [0.25, 0.3) is 0 Å². The zero-order chi connectivity index (χ0) is 26.8. The van der Waals surface area contributed by atoms with Gasteiger partial charge in [-0.05, 0) is 74.5 Å². The number of carboxylic acid groups (broad SMARTS) is 1. The van der Waals surface area contributed by atoms with Crippen LogP contribution in [0, 0.1) is 23.7 Å². The fourth-order valence-electron chi connectivity index (χ4n) is 5.43. The average molecular weight is 490 g/mol. The second-order valence-corrected chi connectivity index (χ2v) is 11.9. The first-order chi connectivity index (χ1) is 16.3. The van der Waals surface area contributed by atoms with Gasteiger partial charge in [0, 0.05) is 18.3 Å². The fourth-order valence-corrected chi connectivity index (χ4v) is 5.43. The van der Waals surface area contributed by atoms with Gasteiger partial charge in [-0.1, -0.05) is 91.2 Å². The first kappa shape index (κ1) is 31.5. The summed E-state index contributed by atoms with van der Waals surface area (Å²) in [6.45, 7) is 16.7. The Morgan fingerprint density at radius 2 is 1.51 bits per heavy atom. The number of allylic oxidation sites excluding steroid dienone is 3. The lowest BCUT2D eigenvalue weighted by molar-refractivity contribution is -0.309. The minimum absolute atomic E-state index is 0.189. The van der Waals surface area contributed by atoms with Gasteiger partial charge in [0.05, 0.1) is 5.60 Å². The maximum absolute atomic E-state index is 11.3. The Kier molecular flexibility index (Phi) is 13.4. The van der Waals surface area contributed by atoms with E-state index in [4.69, 9.17) is 0 Å². The average Bonchev–Trinajstić information content (AvgIpc) is 2.76.